The molecule has 0 aliphatic carbocycles. The molecule has 1 aromatic rings. The van der Waals surface area contributed by atoms with E-state index in [2.05, 4.69) is 21.3 Å². The van der Waals surface area contributed by atoms with Crippen molar-refractivity contribution in [3.63, 3.8) is 0 Å². The Labute approximate surface area is 131 Å². The molecule has 0 unspecified atom stereocenters. The molecule has 0 spiro atoms. The quantitative estimate of drug-likeness (QED) is 0.933. The van der Waals surface area contributed by atoms with Crippen LogP contribution in [0.2, 0.25) is 0 Å². The molecule has 1 atom stereocenters. The van der Waals surface area contributed by atoms with Crippen LogP contribution in [0.25, 0.3) is 5.57 Å². The number of pyridine rings is 1. The van der Waals surface area contributed by atoms with Gasteiger partial charge in [-0.1, -0.05) is 6.08 Å². The van der Waals surface area contributed by atoms with Crippen molar-refractivity contribution in [2.24, 2.45) is 0 Å². The number of hydrogen-bond acceptors (Lipinski definition) is 3. The summed E-state index contributed by atoms with van der Waals surface area (Å²) in [4.78, 5) is 18.2. The molecular weight excluding hydrogens is 281 g/mol. The summed E-state index contributed by atoms with van der Waals surface area (Å²) >= 11 is 0. The average Bonchev–Trinajstić information content (AvgIpc) is 2.45. The Morgan fingerprint density at radius 2 is 2.14 bits per heavy atom. The van der Waals surface area contributed by atoms with Gasteiger partial charge >= 0.3 is 0 Å². The molecule has 2 rings (SSSR count). The SMILES string of the molecule is C[C@H](C(=O)NC(C)(C)C)N1CC=C(c2cncc(F)c2)CC1. The van der Waals surface area contributed by atoms with E-state index in [4.69, 9.17) is 0 Å². The second-order valence-corrected chi connectivity index (χ2v) is 6.78. The maximum absolute atomic E-state index is 13.2. The van der Waals surface area contributed by atoms with Gasteiger partial charge in [-0.3, -0.25) is 14.7 Å². The van der Waals surface area contributed by atoms with Crippen molar-refractivity contribution in [3.05, 3.63) is 35.9 Å². The molecule has 5 heteroatoms. The first-order valence-electron chi connectivity index (χ1n) is 7.62. The predicted octanol–water partition coefficient (Wildman–Crippen LogP) is 2.61. The number of rotatable bonds is 3. The van der Waals surface area contributed by atoms with E-state index < -0.39 is 0 Å². The molecular formula is C17H24FN3O. The lowest BCUT2D eigenvalue weighted by atomic mass is 10.00. The van der Waals surface area contributed by atoms with Crippen LogP contribution in [0.1, 0.15) is 39.7 Å². The highest BCUT2D eigenvalue weighted by Gasteiger charge is 2.26. The van der Waals surface area contributed by atoms with E-state index in [1.54, 1.807) is 6.20 Å². The Morgan fingerprint density at radius 3 is 2.68 bits per heavy atom. The second kappa shape index (κ2) is 6.57. The van der Waals surface area contributed by atoms with Crippen LogP contribution in [0.4, 0.5) is 4.39 Å². The molecule has 1 aliphatic rings. The molecule has 0 saturated heterocycles. The number of nitrogens with zero attached hydrogens (tertiary/aromatic N) is 2. The Morgan fingerprint density at radius 1 is 1.41 bits per heavy atom. The molecule has 0 aromatic carbocycles. The minimum Gasteiger partial charge on any atom is -0.350 e. The third-order valence-electron chi connectivity index (χ3n) is 3.74. The van der Waals surface area contributed by atoms with Crippen LogP contribution in [0, 0.1) is 5.82 Å². The van der Waals surface area contributed by atoms with Crippen molar-refractivity contribution in [2.45, 2.75) is 45.7 Å². The van der Waals surface area contributed by atoms with Gasteiger partial charge < -0.3 is 5.32 Å². The van der Waals surface area contributed by atoms with Gasteiger partial charge in [0.25, 0.3) is 0 Å². The second-order valence-electron chi connectivity index (χ2n) is 6.78. The molecule has 0 radical (unpaired) electrons. The Balaban J connectivity index is 2.00. The fraction of sp³-hybridized carbons (Fsp3) is 0.529. The lowest BCUT2D eigenvalue weighted by Crippen LogP contribution is -2.51. The average molecular weight is 305 g/mol. The summed E-state index contributed by atoms with van der Waals surface area (Å²) in [6.07, 6.45) is 5.73. The van der Waals surface area contributed by atoms with E-state index in [-0.39, 0.29) is 23.3 Å². The lowest BCUT2D eigenvalue weighted by molar-refractivity contribution is -0.127. The first kappa shape index (κ1) is 16.6. The van der Waals surface area contributed by atoms with Crippen LogP contribution in [-0.2, 0) is 4.79 Å². The number of aromatic nitrogens is 1. The minimum atomic E-state index is -0.321. The largest absolute Gasteiger partial charge is 0.350 e. The highest BCUT2D eigenvalue weighted by Crippen LogP contribution is 2.23. The van der Waals surface area contributed by atoms with E-state index in [1.165, 1.54) is 12.3 Å². The van der Waals surface area contributed by atoms with Crippen LogP contribution >= 0.6 is 0 Å². The molecule has 0 saturated carbocycles. The fourth-order valence-electron chi connectivity index (χ4n) is 2.53. The summed E-state index contributed by atoms with van der Waals surface area (Å²) in [5.74, 6) is -0.282. The smallest absolute Gasteiger partial charge is 0.237 e. The van der Waals surface area contributed by atoms with Crippen LogP contribution in [0.15, 0.2) is 24.5 Å². The van der Waals surface area contributed by atoms with Crippen molar-refractivity contribution in [3.8, 4) is 0 Å². The van der Waals surface area contributed by atoms with Gasteiger partial charge in [-0.15, -0.1) is 0 Å². The minimum absolute atomic E-state index is 0.0387. The standard InChI is InChI=1S/C17H24FN3O/c1-12(16(22)20-17(2,3)4)21-7-5-13(6-8-21)14-9-15(18)11-19-10-14/h5,9-12H,6-8H2,1-4H3,(H,20,22)/t12-/m1/s1. The maximum atomic E-state index is 13.2. The van der Waals surface area contributed by atoms with Gasteiger partial charge in [0, 0.05) is 24.8 Å². The van der Waals surface area contributed by atoms with Crippen molar-refractivity contribution in [2.75, 3.05) is 13.1 Å². The van der Waals surface area contributed by atoms with Crippen LogP contribution in [0.3, 0.4) is 0 Å². The van der Waals surface area contributed by atoms with Gasteiger partial charge in [0.15, 0.2) is 0 Å². The van der Waals surface area contributed by atoms with Crippen molar-refractivity contribution in [1.29, 1.82) is 0 Å². The van der Waals surface area contributed by atoms with Gasteiger partial charge in [-0.2, -0.15) is 0 Å². The van der Waals surface area contributed by atoms with Crippen LogP contribution in [0.5, 0.6) is 0 Å². The summed E-state index contributed by atoms with van der Waals surface area (Å²) < 4.78 is 13.2. The van der Waals surface area contributed by atoms with Crippen molar-refractivity contribution in [1.82, 2.24) is 15.2 Å². The predicted molar refractivity (Wildman–Crippen MR) is 85.7 cm³/mol. The van der Waals surface area contributed by atoms with Gasteiger partial charge in [0.1, 0.15) is 5.82 Å². The number of hydrogen-bond donors (Lipinski definition) is 1. The number of carbonyl (C=O) groups excluding carboxylic acids is 1. The first-order valence-corrected chi connectivity index (χ1v) is 7.62. The Hall–Kier alpha value is -1.75. The van der Waals surface area contributed by atoms with E-state index in [1.807, 2.05) is 27.7 Å². The zero-order valence-electron chi connectivity index (χ0n) is 13.7. The van der Waals surface area contributed by atoms with Crippen molar-refractivity contribution < 1.29 is 9.18 Å². The summed E-state index contributed by atoms with van der Waals surface area (Å²) in [7, 11) is 0. The highest BCUT2D eigenvalue weighted by atomic mass is 19.1. The summed E-state index contributed by atoms with van der Waals surface area (Å²) in [5, 5.41) is 3.01. The number of amides is 1. The molecule has 120 valence electrons. The zero-order chi connectivity index (χ0) is 16.3. The van der Waals surface area contributed by atoms with Gasteiger partial charge in [0.05, 0.1) is 12.2 Å². The first-order chi connectivity index (χ1) is 10.3. The molecule has 0 bridgehead atoms. The van der Waals surface area contributed by atoms with Crippen LogP contribution in [-0.4, -0.2) is 40.5 Å². The van der Waals surface area contributed by atoms with Crippen LogP contribution < -0.4 is 5.32 Å². The molecule has 4 nitrogen and oxygen atoms in total. The van der Waals surface area contributed by atoms with E-state index >= 15 is 0 Å². The molecule has 22 heavy (non-hydrogen) atoms. The van der Waals surface area contributed by atoms with Gasteiger partial charge in [0.2, 0.25) is 5.91 Å². The number of halogens is 1. The Kier molecular flexibility index (Phi) is 4.96. The van der Waals surface area contributed by atoms with E-state index in [9.17, 15) is 9.18 Å². The molecule has 1 N–H and O–H groups in total. The lowest BCUT2D eigenvalue weighted by Gasteiger charge is -2.33. The fourth-order valence-corrected chi connectivity index (χ4v) is 2.53. The highest BCUT2D eigenvalue weighted by molar-refractivity contribution is 5.82. The molecule has 2 heterocycles. The molecule has 0 fully saturated rings. The summed E-state index contributed by atoms with van der Waals surface area (Å²) in [6, 6.07) is 1.33. The summed E-state index contributed by atoms with van der Waals surface area (Å²) in [5.41, 5.74) is 1.69. The van der Waals surface area contributed by atoms with Gasteiger partial charge in [-0.25, -0.2) is 4.39 Å². The number of nitrogens with one attached hydrogen (secondary N) is 1. The third kappa shape index (κ3) is 4.37. The number of carbonyl (C=O) groups is 1. The van der Waals surface area contributed by atoms with E-state index in [0.29, 0.717) is 6.54 Å². The molecule has 1 amide bonds. The summed E-state index contributed by atoms with van der Waals surface area (Å²) in [6.45, 7) is 9.31. The third-order valence-corrected chi connectivity index (χ3v) is 3.74. The topological polar surface area (TPSA) is 45.2 Å². The molecule has 1 aliphatic heterocycles. The monoisotopic (exact) mass is 305 g/mol. The van der Waals surface area contributed by atoms with E-state index in [0.717, 1.165) is 24.1 Å². The zero-order valence-corrected chi connectivity index (χ0v) is 13.7. The van der Waals surface area contributed by atoms with Gasteiger partial charge in [-0.05, 0) is 51.3 Å². The van der Waals surface area contributed by atoms with Crippen molar-refractivity contribution >= 4 is 11.5 Å². The normalized spacial score (nSPS) is 17.8. The maximum Gasteiger partial charge on any atom is 0.237 e. The molecule has 1 aromatic heterocycles. The Bertz CT molecular complexity index is 578.